The number of non-ortho nitro benzene ring substituents is 1. The summed E-state index contributed by atoms with van der Waals surface area (Å²) in [5.74, 6) is -2.25. The minimum Gasteiger partial charge on any atom is -0.468 e. The van der Waals surface area contributed by atoms with Gasteiger partial charge in [0.25, 0.3) is 11.6 Å². The number of aromatic nitrogens is 2. The van der Waals surface area contributed by atoms with Crippen LogP contribution in [0.3, 0.4) is 0 Å². The molecule has 0 aliphatic heterocycles. The van der Waals surface area contributed by atoms with E-state index in [0.717, 1.165) is 12.1 Å². The van der Waals surface area contributed by atoms with Gasteiger partial charge in [0.1, 0.15) is 5.82 Å². The minimum absolute atomic E-state index is 0.0662. The van der Waals surface area contributed by atoms with Crippen LogP contribution in [0.5, 0.6) is 5.75 Å². The van der Waals surface area contributed by atoms with Gasteiger partial charge >= 0.3 is 0 Å². The highest BCUT2D eigenvalue weighted by Crippen LogP contribution is 2.18. The number of nitro benzene ring substituents is 1. The highest BCUT2D eigenvalue weighted by Gasteiger charge is 2.12. The van der Waals surface area contributed by atoms with Gasteiger partial charge in [-0.15, -0.1) is 0 Å². The van der Waals surface area contributed by atoms with Crippen molar-refractivity contribution >= 4 is 17.3 Å². The maximum absolute atomic E-state index is 13.5. The second-order valence-electron chi connectivity index (χ2n) is 5.35. The van der Waals surface area contributed by atoms with Crippen LogP contribution in [0.4, 0.5) is 20.2 Å². The third-order valence-corrected chi connectivity index (χ3v) is 3.46. The van der Waals surface area contributed by atoms with Gasteiger partial charge in [-0.3, -0.25) is 14.9 Å². The molecule has 27 heavy (non-hydrogen) atoms. The average Bonchev–Trinajstić information content (AvgIpc) is 3.10. The fourth-order valence-electron chi connectivity index (χ4n) is 2.14. The van der Waals surface area contributed by atoms with Gasteiger partial charge in [-0.05, 0) is 30.3 Å². The van der Waals surface area contributed by atoms with Crippen molar-refractivity contribution in [3.63, 3.8) is 0 Å². The van der Waals surface area contributed by atoms with Gasteiger partial charge in [-0.1, -0.05) is 0 Å². The van der Waals surface area contributed by atoms with Crippen molar-refractivity contribution in [3.05, 3.63) is 82.2 Å². The number of nitrogens with zero attached hydrogens (tertiary/aromatic N) is 3. The molecule has 0 unspecified atom stereocenters. The van der Waals surface area contributed by atoms with Crippen LogP contribution in [-0.4, -0.2) is 20.6 Å². The molecule has 10 heteroatoms. The van der Waals surface area contributed by atoms with E-state index in [9.17, 15) is 23.7 Å². The van der Waals surface area contributed by atoms with E-state index < -0.39 is 22.5 Å². The highest BCUT2D eigenvalue weighted by molar-refractivity contribution is 6.02. The molecule has 0 radical (unpaired) electrons. The van der Waals surface area contributed by atoms with Gasteiger partial charge < -0.3 is 10.1 Å². The predicted molar refractivity (Wildman–Crippen MR) is 90.3 cm³/mol. The van der Waals surface area contributed by atoms with Crippen molar-refractivity contribution < 1.29 is 23.2 Å². The van der Waals surface area contributed by atoms with E-state index in [1.807, 2.05) is 0 Å². The first-order valence-corrected chi connectivity index (χ1v) is 7.59. The summed E-state index contributed by atoms with van der Waals surface area (Å²) < 4.78 is 32.8. The van der Waals surface area contributed by atoms with E-state index in [4.69, 9.17) is 4.74 Å². The second-order valence-corrected chi connectivity index (χ2v) is 5.35. The van der Waals surface area contributed by atoms with Crippen molar-refractivity contribution in [2.45, 2.75) is 6.73 Å². The lowest BCUT2D eigenvalue weighted by Crippen LogP contribution is -2.14. The molecule has 0 atom stereocenters. The molecule has 2 aromatic carbocycles. The summed E-state index contributed by atoms with van der Waals surface area (Å²) in [6.07, 6.45) is 1.45. The predicted octanol–water partition coefficient (Wildman–Crippen LogP) is 3.36. The SMILES string of the molecule is O=C(Nc1ccc([N+](=O)[O-])cc1)c1ccn(COc2ccc(F)cc2F)n1. The van der Waals surface area contributed by atoms with Gasteiger partial charge in [0.05, 0.1) is 4.92 Å². The van der Waals surface area contributed by atoms with Crippen LogP contribution in [-0.2, 0) is 6.73 Å². The van der Waals surface area contributed by atoms with Crippen LogP contribution in [0, 0.1) is 21.7 Å². The summed E-state index contributed by atoms with van der Waals surface area (Å²) >= 11 is 0. The monoisotopic (exact) mass is 374 g/mol. The summed E-state index contributed by atoms with van der Waals surface area (Å²) in [6.45, 7) is -0.187. The van der Waals surface area contributed by atoms with E-state index in [2.05, 4.69) is 10.4 Å². The molecule has 1 heterocycles. The Balaban J connectivity index is 1.61. The lowest BCUT2D eigenvalue weighted by Gasteiger charge is -2.07. The molecule has 0 fully saturated rings. The van der Waals surface area contributed by atoms with E-state index in [0.29, 0.717) is 11.8 Å². The Morgan fingerprint density at radius 2 is 1.93 bits per heavy atom. The van der Waals surface area contributed by atoms with Crippen LogP contribution in [0.15, 0.2) is 54.7 Å². The first-order valence-electron chi connectivity index (χ1n) is 7.59. The molecule has 1 amide bonds. The quantitative estimate of drug-likeness (QED) is 0.527. The number of benzene rings is 2. The number of nitro groups is 1. The van der Waals surface area contributed by atoms with E-state index in [1.54, 1.807) is 0 Å². The van der Waals surface area contributed by atoms with Crippen LogP contribution in [0.25, 0.3) is 0 Å². The van der Waals surface area contributed by atoms with Gasteiger partial charge in [0, 0.05) is 30.1 Å². The van der Waals surface area contributed by atoms with Gasteiger partial charge in [0.2, 0.25) is 0 Å². The number of carbonyl (C=O) groups excluding carboxylic acids is 1. The third kappa shape index (κ3) is 4.42. The molecule has 138 valence electrons. The lowest BCUT2D eigenvalue weighted by atomic mass is 10.3. The van der Waals surface area contributed by atoms with Crippen LogP contribution < -0.4 is 10.1 Å². The zero-order chi connectivity index (χ0) is 19.4. The molecule has 0 aliphatic rings. The van der Waals surface area contributed by atoms with Gasteiger partial charge in [-0.25, -0.2) is 13.5 Å². The molecule has 8 nitrogen and oxygen atoms in total. The molecular formula is C17H12F2N4O4. The number of ether oxygens (including phenoxy) is 1. The fraction of sp³-hybridized carbons (Fsp3) is 0.0588. The summed E-state index contributed by atoms with van der Waals surface area (Å²) in [4.78, 5) is 22.2. The Bertz CT molecular complexity index is 989. The maximum atomic E-state index is 13.5. The van der Waals surface area contributed by atoms with Crippen LogP contribution in [0.2, 0.25) is 0 Å². The maximum Gasteiger partial charge on any atom is 0.276 e. The Morgan fingerprint density at radius 3 is 2.59 bits per heavy atom. The normalized spacial score (nSPS) is 10.4. The number of nitrogens with one attached hydrogen (secondary N) is 1. The summed E-state index contributed by atoms with van der Waals surface area (Å²) in [6, 6.07) is 9.65. The molecule has 0 saturated heterocycles. The highest BCUT2D eigenvalue weighted by atomic mass is 19.1. The number of hydrogen-bond acceptors (Lipinski definition) is 5. The molecule has 3 aromatic rings. The zero-order valence-corrected chi connectivity index (χ0v) is 13.6. The molecule has 1 N–H and O–H groups in total. The van der Waals surface area contributed by atoms with E-state index in [1.165, 1.54) is 41.2 Å². The zero-order valence-electron chi connectivity index (χ0n) is 13.6. The molecule has 0 aliphatic carbocycles. The molecule has 0 saturated carbocycles. The smallest absolute Gasteiger partial charge is 0.276 e. The number of carbonyl (C=O) groups is 1. The van der Waals surface area contributed by atoms with Crippen molar-refractivity contribution in [2.24, 2.45) is 0 Å². The summed E-state index contributed by atoms with van der Waals surface area (Å²) in [5.41, 5.74) is 0.337. The van der Waals surface area contributed by atoms with Crippen molar-refractivity contribution in [1.82, 2.24) is 9.78 Å². The molecule has 0 bridgehead atoms. The molecular weight excluding hydrogens is 362 g/mol. The molecule has 1 aromatic heterocycles. The number of amides is 1. The molecule has 0 spiro atoms. The molecule has 3 rings (SSSR count). The van der Waals surface area contributed by atoms with Crippen LogP contribution in [0.1, 0.15) is 10.5 Å². The van der Waals surface area contributed by atoms with Crippen molar-refractivity contribution in [1.29, 1.82) is 0 Å². The third-order valence-electron chi connectivity index (χ3n) is 3.46. The van der Waals surface area contributed by atoms with Gasteiger partial charge in [0.15, 0.2) is 24.0 Å². The Morgan fingerprint density at radius 1 is 1.19 bits per heavy atom. The largest absolute Gasteiger partial charge is 0.468 e. The number of hydrogen-bond donors (Lipinski definition) is 1. The second kappa shape index (κ2) is 7.60. The first-order chi connectivity index (χ1) is 12.9. The Kier molecular flexibility index (Phi) is 5.06. The standard InChI is InChI=1S/C17H12F2N4O4/c18-11-1-6-16(14(19)9-11)27-10-22-8-7-15(21-22)17(24)20-12-2-4-13(5-3-12)23(25)26/h1-9H,10H2,(H,20,24). The lowest BCUT2D eigenvalue weighted by molar-refractivity contribution is -0.384. The Hall–Kier alpha value is -3.82. The number of halogens is 2. The number of anilines is 1. The van der Waals surface area contributed by atoms with Crippen molar-refractivity contribution in [3.8, 4) is 5.75 Å². The van der Waals surface area contributed by atoms with E-state index >= 15 is 0 Å². The average molecular weight is 374 g/mol. The Labute approximate surface area is 151 Å². The van der Waals surface area contributed by atoms with E-state index in [-0.39, 0.29) is 23.9 Å². The fourth-order valence-corrected chi connectivity index (χ4v) is 2.14. The number of rotatable bonds is 6. The summed E-state index contributed by atoms with van der Waals surface area (Å²) in [5, 5.41) is 17.1. The topological polar surface area (TPSA) is 99.3 Å². The van der Waals surface area contributed by atoms with Crippen LogP contribution >= 0.6 is 0 Å². The van der Waals surface area contributed by atoms with Gasteiger partial charge in [-0.2, -0.15) is 5.10 Å². The van der Waals surface area contributed by atoms with Crippen molar-refractivity contribution in [2.75, 3.05) is 5.32 Å². The summed E-state index contributed by atoms with van der Waals surface area (Å²) in [7, 11) is 0. The minimum atomic E-state index is -0.849. The first kappa shape index (κ1) is 18.0.